The SMILES string of the molecule is CN1c2c(cccc2C(C)(C)C)SCC1C(=O)O. The molecule has 2 rings (SSSR count). The first-order valence-corrected chi connectivity index (χ1v) is 7.03. The third kappa shape index (κ3) is 2.21. The van der Waals surface area contributed by atoms with Gasteiger partial charge in [-0.05, 0) is 17.0 Å². The normalized spacial score (nSPS) is 19.6. The van der Waals surface area contributed by atoms with Crippen LogP contribution in [0.2, 0.25) is 0 Å². The second kappa shape index (κ2) is 4.50. The minimum Gasteiger partial charge on any atom is -0.480 e. The summed E-state index contributed by atoms with van der Waals surface area (Å²) < 4.78 is 0. The monoisotopic (exact) mass is 265 g/mol. The molecule has 1 aliphatic heterocycles. The molecule has 1 aliphatic rings. The number of carboxylic acid groups (broad SMARTS) is 1. The van der Waals surface area contributed by atoms with Crippen molar-refractivity contribution in [2.24, 2.45) is 0 Å². The lowest BCUT2D eigenvalue weighted by Gasteiger charge is -2.37. The molecule has 0 aromatic heterocycles. The minimum absolute atomic E-state index is 0.0144. The zero-order chi connectivity index (χ0) is 13.5. The molecule has 1 N–H and O–H groups in total. The van der Waals surface area contributed by atoms with E-state index in [0.29, 0.717) is 5.75 Å². The molecule has 0 fully saturated rings. The number of hydrogen-bond acceptors (Lipinski definition) is 3. The highest BCUT2D eigenvalue weighted by atomic mass is 32.2. The number of thioether (sulfide) groups is 1. The Morgan fingerprint density at radius 3 is 2.67 bits per heavy atom. The number of likely N-dealkylation sites (N-methyl/N-ethyl adjacent to an activating group) is 1. The Morgan fingerprint density at radius 2 is 2.11 bits per heavy atom. The topological polar surface area (TPSA) is 40.5 Å². The van der Waals surface area contributed by atoms with Crippen molar-refractivity contribution in [2.75, 3.05) is 17.7 Å². The summed E-state index contributed by atoms with van der Waals surface area (Å²) in [5.74, 6) is -0.147. The summed E-state index contributed by atoms with van der Waals surface area (Å²) >= 11 is 1.64. The first kappa shape index (κ1) is 13.3. The number of para-hydroxylation sites is 1. The fourth-order valence-corrected chi connectivity index (χ4v) is 3.55. The zero-order valence-corrected chi connectivity index (χ0v) is 12.0. The number of rotatable bonds is 1. The van der Waals surface area contributed by atoms with Crippen molar-refractivity contribution in [3.05, 3.63) is 23.8 Å². The second-order valence-corrected chi connectivity index (χ2v) is 6.74. The molecule has 0 saturated carbocycles. The Morgan fingerprint density at radius 1 is 1.44 bits per heavy atom. The van der Waals surface area contributed by atoms with E-state index in [4.69, 9.17) is 0 Å². The van der Waals surface area contributed by atoms with E-state index >= 15 is 0 Å². The standard InChI is InChI=1S/C14H19NO2S/c1-14(2,3)9-6-5-7-11-12(9)15(4)10(8-18-11)13(16)17/h5-7,10H,8H2,1-4H3,(H,16,17). The average Bonchev–Trinajstić information content (AvgIpc) is 2.27. The highest BCUT2D eigenvalue weighted by Gasteiger charge is 2.33. The quantitative estimate of drug-likeness (QED) is 0.847. The molecule has 0 radical (unpaired) electrons. The first-order chi connectivity index (χ1) is 8.32. The average molecular weight is 265 g/mol. The Balaban J connectivity index is 2.54. The molecule has 0 amide bonds. The van der Waals surface area contributed by atoms with Crippen LogP contribution in [-0.4, -0.2) is 29.9 Å². The zero-order valence-electron chi connectivity index (χ0n) is 11.2. The Kier molecular flexibility index (Phi) is 3.32. The van der Waals surface area contributed by atoms with Crippen LogP contribution in [0.3, 0.4) is 0 Å². The van der Waals surface area contributed by atoms with Gasteiger partial charge in [0.25, 0.3) is 0 Å². The summed E-state index contributed by atoms with van der Waals surface area (Å²) in [4.78, 5) is 14.4. The third-order valence-electron chi connectivity index (χ3n) is 3.31. The van der Waals surface area contributed by atoms with E-state index in [1.54, 1.807) is 11.8 Å². The largest absolute Gasteiger partial charge is 0.480 e. The molecular weight excluding hydrogens is 246 g/mol. The lowest BCUT2D eigenvalue weighted by molar-refractivity contribution is -0.138. The number of fused-ring (bicyclic) bond motifs is 1. The summed E-state index contributed by atoms with van der Waals surface area (Å²) in [5, 5.41) is 9.27. The van der Waals surface area contributed by atoms with Crippen molar-refractivity contribution in [3.63, 3.8) is 0 Å². The Bertz CT molecular complexity index is 479. The van der Waals surface area contributed by atoms with Gasteiger partial charge in [0.2, 0.25) is 0 Å². The van der Waals surface area contributed by atoms with Crippen LogP contribution in [0.15, 0.2) is 23.1 Å². The Hall–Kier alpha value is -1.16. The van der Waals surface area contributed by atoms with E-state index in [1.165, 1.54) is 10.5 Å². The first-order valence-electron chi connectivity index (χ1n) is 6.04. The fourth-order valence-electron chi connectivity index (χ4n) is 2.28. The van der Waals surface area contributed by atoms with Crippen LogP contribution in [0.4, 0.5) is 5.69 Å². The van der Waals surface area contributed by atoms with Gasteiger partial charge in [0, 0.05) is 17.7 Å². The summed E-state index contributed by atoms with van der Waals surface area (Å²) in [5.41, 5.74) is 2.30. The van der Waals surface area contributed by atoms with Crippen molar-refractivity contribution in [1.29, 1.82) is 0 Å². The van der Waals surface area contributed by atoms with Gasteiger partial charge in [-0.25, -0.2) is 4.79 Å². The number of carboxylic acids is 1. The molecule has 1 aromatic rings. The molecule has 1 unspecified atom stereocenters. The maximum absolute atomic E-state index is 11.3. The molecule has 1 atom stereocenters. The predicted octanol–water partition coefficient (Wildman–Crippen LogP) is 2.98. The van der Waals surface area contributed by atoms with Crippen LogP contribution >= 0.6 is 11.8 Å². The van der Waals surface area contributed by atoms with Gasteiger partial charge >= 0.3 is 5.97 Å². The molecule has 98 valence electrons. The highest BCUT2D eigenvalue weighted by Crippen LogP contribution is 2.43. The lowest BCUT2D eigenvalue weighted by atomic mass is 9.85. The van der Waals surface area contributed by atoms with E-state index in [2.05, 4.69) is 39.0 Å². The highest BCUT2D eigenvalue weighted by molar-refractivity contribution is 7.99. The maximum Gasteiger partial charge on any atom is 0.327 e. The van der Waals surface area contributed by atoms with Crippen LogP contribution in [0.25, 0.3) is 0 Å². The van der Waals surface area contributed by atoms with Crippen molar-refractivity contribution in [2.45, 2.75) is 37.1 Å². The molecule has 18 heavy (non-hydrogen) atoms. The van der Waals surface area contributed by atoms with Crippen LogP contribution in [0, 0.1) is 0 Å². The maximum atomic E-state index is 11.3. The smallest absolute Gasteiger partial charge is 0.327 e. The Labute approximate surface area is 112 Å². The molecule has 1 heterocycles. The number of aliphatic carboxylic acids is 1. The van der Waals surface area contributed by atoms with Crippen LogP contribution < -0.4 is 4.90 Å². The van der Waals surface area contributed by atoms with Gasteiger partial charge < -0.3 is 10.0 Å². The van der Waals surface area contributed by atoms with Crippen molar-refractivity contribution in [3.8, 4) is 0 Å². The van der Waals surface area contributed by atoms with Crippen LogP contribution in [-0.2, 0) is 10.2 Å². The van der Waals surface area contributed by atoms with Gasteiger partial charge in [0.15, 0.2) is 0 Å². The molecular formula is C14H19NO2S. The molecule has 3 nitrogen and oxygen atoms in total. The van der Waals surface area contributed by atoms with Crippen LogP contribution in [0.1, 0.15) is 26.3 Å². The number of carbonyl (C=O) groups is 1. The van der Waals surface area contributed by atoms with Gasteiger partial charge in [-0.3, -0.25) is 0 Å². The number of hydrogen-bond donors (Lipinski definition) is 1. The van der Waals surface area contributed by atoms with Crippen molar-refractivity contribution < 1.29 is 9.90 Å². The van der Waals surface area contributed by atoms with E-state index in [0.717, 1.165) is 5.69 Å². The summed E-state index contributed by atoms with van der Waals surface area (Å²) in [7, 11) is 1.88. The number of nitrogens with zero attached hydrogens (tertiary/aromatic N) is 1. The van der Waals surface area contributed by atoms with E-state index in [9.17, 15) is 9.90 Å². The molecule has 0 bridgehead atoms. The van der Waals surface area contributed by atoms with Crippen molar-refractivity contribution in [1.82, 2.24) is 0 Å². The number of benzene rings is 1. The van der Waals surface area contributed by atoms with Crippen molar-refractivity contribution >= 4 is 23.4 Å². The second-order valence-electron chi connectivity index (χ2n) is 5.68. The predicted molar refractivity (Wildman–Crippen MR) is 75.7 cm³/mol. The van der Waals surface area contributed by atoms with Gasteiger partial charge in [0.05, 0.1) is 5.69 Å². The lowest BCUT2D eigenvalue weighted by Crippen LogP contribution is -2.43. The van der Waals surface area contributed by atoms with Crippen LogP contribution in [0.5, 0.6) is 0 Å². The minimum atomic E-state index is -0.751. The molecule has 0 saturated heterocycles. The summed E-state index contributed by atoms with van der Waals surface area (Å²) in [6, 6.07) is 5.79. The van der Waals surface area contributed by atoms with Gasteiger partial charge in [-0.1, -0.05) is 32.9 Å². The number of anilines is 1. The fraction of sp³-hybridized carbons (Fsp3) is 0.500. The summed E-state index contributed by atoms with van der Waals surface area (Å²) in [6.07, 6.45) is 0. The van der Waals surface area contributed by atoms with Gasteiger partial charge in [0.1, 0.15) is 6.04 Å². The van der Waals surface area contributed by atoms with E-state index in [1.807, 2.05) is 11.9 Å². The van der Waals surface area contributed by atoms with Gasteiger partial charge in [-0.15, -0.1) is 11.8 Å². The molecule has 0 spiro atoms. The molecule has 0 aliphatic carbocycles. The summed E-state index contributed by atoms with van der Waals surface area (Å²) in [6.45, 7) is 6.47. The van der Waals surface area contributed by atoms with E-state index in [-0.39, 0.29) is 5.41 Å². The third-order valence-corrected chi connectivity index (χ3v) is 4.43. The molecule has 4 heteroatoms. The van der Waals surface area contributed by atoms with Gasteiger partial charge in [-0.2, -0.15) is 0 Å². The molecule has 1 aromatic carbocycles. The van der Waals surface area contributed by atoms with E-state index < -0.39 is 12.0 Å².